The second kappa shape index (κ2) is 7.60. The van der Waals surface area contributed by atoms with Crippen molar-refractivity contribution in [3.8, 4) is 17.2 Å². The lowest BCUT2D eigenvalue weighted by Crippen LogP contribution is -2.23. The first-order valence-electron chi connectivity index (χ1n) is 9.69. The largest absolute Gasteiger partial charge is 0.486 e. The first kappa shape index (κ1) is 17.8. The van der Waals surface area contributed by atoms with Crippen LogP contribution in [0.3, 0.4) is 0 Å². The Balaban J connectivity index is 1.32. The van der Waals surface area contributed by atoms with Crippen molar-refractivity contribution in [3.05, 3.63) is 70.5 Å². The molecule has 3 aromatic rings. The van der Waals surface area contributed by atoms with E-state index in [2.05, 4.69) is 68.4 Å². The Labute approximate surface area is 173 Å². The van der Waals surface area contributed by atoms with Crippen LogP contribution in [0.2, 0.25) is 0 Å². The molecule has 1 fully saturated rings. The van der Waals surface area contributed by atoms with Crippen LogP contribution in [-0.2, 0) is 6.54 Å². The van der Waals surface area contributed by atoms with Gasteiger partial charge in [-0.1, -0.05) is 18.2 Å². The van der Waals surface area contributed by atoms with E-state index in [4.69, 9.17) is 9.47 Å². The Kier molecular flexibility index (Phi) is 4.82. The first-order valence-corrected chi connectivity index (χ1v) is 10.5. The van der Waals surface area contributed by atoms with Crippen LogP contribution in [0.5, 0.6) is 11.5 Å². The highest BCUT2D eigenvalue weighted by Crippen LogP contribution is 2.38. The molecule has 2 aliphatic heterocycles. The van der Waals surface area contributed by atoms with Crippen molar-refractivity contribution < 1.29 is 9.47 Å². The summed E-state index contributed by atoms with van der Waals surface area (Å²) < 4.78 is 14.3. The molecule has 1 atom stereocenters. The standard InChI is InChI=1S/C22H22BrN3O2/c23-18-13-24-26(15-18)19-6-3-16(4-7-19)14-25-9-1-2-20(25)17-5-8-21-22(12-17)28-11-10-27-21/h3-8,12-13,15,20H,1-2,9-11,14H2. The number of hydrogen-bond acceptors (Lipinski definition) is 4. The van der Waals surface area contributed by atoms with Crippen molar-refractivity contribution in [1.29, 1.82) is 0 Å². The van der Waals surface area contributed by atoms with E-state index >= 15 is 0 Å². The highest BCUT2D eigenvalue weighted by Gasteiger charge is 2.27. The number of benzene rings is 2. The van der Waals surface area contributed by atoms with Gasteiger partial charge < -0.3 is 9.47 Å². The van der Waals surface area contributed by atoms with Crippen LogP contribution in [0, 0.1) is 0 Å². The molecule has 3 heterocycles. The average molecular weight is 440 g/mol. The number of aromatic nitrogens is 2. The number of nitrogens with zero attached hydrogens (tertiary/aromatic N) is 3. The summed E-state index contributed by atoms with van der Waals surface area (Å²) in [5.74, 6) is 1.74. The van der Waals surface area contributed by atoms with Crippen molar-refractivity contribution in [1.82, 2.24) is 14.7 Å². The number of hydrogen-bond donors (Lipinski definition) is 0. The maximum absolute atomic E-state index is 5.78. The molecule has 144 valence electrons. The van der Waals surface area contributed by atoms with Crippen molar-refractivity contribution >= 4 is 15.9 Å². The molecule has 5 rings (SSSR count). The third-order valence-corrected chi connectivity index (χ3v) is 5.86. The molecule has 2 aliphatic rings. The monoisotopic (exact) mass is 439 g/mol. The average Bonchev–Trinajstić information content (AvgIpc) is 3.37. The lowest BCUT2D eigenvalue weighted by atomic mass is 10.0. The first-order chi connectivity index (χ1) is 13.8. The summed E-state index contributed by atoms with van der Waals surface area (Å²) in [5, 5.41) is 4.34. The van der Waals surface area contributed by atoms with Gasteiger partial charge in [-0.15, -0.1) is 0 Å². The predicted molar refractivity (Wildman–Crippen MR) is 111 cm³/mol. The minimum atomic E-state index is 0.428. The van der Waals surface area contributed by atoms with Gasteiger partial charge in [0.15, 0.2) is 11.5 Å². The molecule has 28 heavy (non-hydrogen) atoms. The summed E-state index contributed by atoms with van der Waals surface area (Å²) in [5.41, 5.74) is 3.71. The third kappa shape index (κ3) is 3.54. The minimum Gasteiger partial charge on any atom is -0.486 e. The van der Waals surface area contributed by atoms with Crippen LogP contribution in [0.4, 0.5) is 0 Å². The SMILES string of the molecule is Brc1cnn(-c2ccc(CN3CCCC3c3ccc4c(c3)OCCO4)cc2)c1. The summed E-state index contributed by atoms with van der Waals surface area (Å²) in [7, 11) is 0. The maximum atomic E-state index is 5.78. The Bertz CT molecular complexity index is 970. The van der Waals surface area contributed by atoms with Crippen molar-refractivity contribution in [2.24, 2.45) is 0 Å². The summed E-state index contributed by atoms with van der Waals surface area (Å²) in [6.07, 6.45) is 6.17. The van der Waals surface area contributed by atoms with Gasteiger partial charge in [0.25, 0.3) is 0 Å². The quantitative estimate of drug-likeness (QED) is 0.588. The Hall–Kier alpha value is -2.31. The zero-order chi connectivity index (χ0) is 18.9. The van der Waals surface area contributed by atoms with Crippen LogP contribution in [0.25, 0.3) is 5.69 Å². The van der Waals surface area contributed by atoms with E-state index in [1.54, 1.807) is 6.20 Å². The summed E-state index contributed by atoms with van der Waals surface area (Å²) in [4.78, 5) is 2.56. The fraction of sp³-hybridized carbons (Fsp3) is 0.318. The molecule has 2 aromatic carbocycles. The number of ether oxygens (including phenoxy) is 2. The molecule has 1 unspecified atom stereocenters. The highest BCUT2D eigenvalue weighted by molar-refractivity contribution is 9.10. The molecule has 0 aliphatic carbocycles. The molecule has 0 N–H and O–H groups in total. The molecular formula is C22H22BrN3O2. The Morgan fingerprint density at radius 1 is 1.04 bits per heavy atom. The topological polar surface area (TPSA) is 39.5 Å². The van der Waals surface area contributed by atoms with E-state index in [0.29, 0.717) is 19.3 Å². The van der Waals surface area contributed by atoms with Gasteiger partial charge in [-0.25, -0.2) is 4.68 Å². The van der Waals surface area contributed by atoms with Gasteiger partial charge in [-0.2, -0.15) is 5.10 Å². The number of fused-ring (bicyclic) bond motifs is 1. The van der Waals surface area contributed by atoms with Gasteiger partial charge in [-0.05, 0) is 70.7 Å². The van der Waals surface area contributed by atoms with E-state index in [1.165, 1.54) is 24.0 Å². The molecule has 0 saturated carbocycles. The predicted octanol–water partition coefficient (Wildman–Crippen LogP) is 4.74. The zero-order valence-corrected chi connectivity index (χ0v) is 17.1. The second-order valence-electron chi connectivity index (χ2n) is 7.30. The number of rotatable bonds is 4. The molecule has 1 aromatic heterocycles. The second-order valence-corrected chi connectivity index (χ2v) is 8.22. The smallest absolute Gasteiger partial charge is 0.161 e. The molecule has 0 amide bonds. The lowest BCUT2D eigenvalue weighted by Gasteiger charge is -2.26. The molecule has 0 spiro atoms. The number of likely N-dealkylation sites (tertiary alicyclic amines) is 1. The van der Waals surface area contributed by atoms with Gasteiger partial charge in [0.1, 0.15) is 13.2 Å². The fourth-order valence-corrected chi connectivity index (χ4v) is 4.38. The van der Waals surface area contributed by atoms with Crippen molar-refractivity contribution in [2.45, 2.75) is 25.4 Å². The maximum Gasteiger partial charge on any atom is 0.161 e. The third-order valence-electron chi connectivity index (χ3n) is 5.45. The summed E-state index contributed by atoms with van der Waals surface area (Å²) in [6.45, 7) is 3.33. The van der Waals surface area contributed by atoms with Crippen LogP contribution in [0.15, 0.2) is 59.3 Å². The van der Waals surface area contributed by atoms with Gasteiger partial charge in [0.05, 0.1) is 16.4 Å². The molecular weight excluding hydrogens is 418 g/mol. The lowest BCUT2D eigenvalue weighted by molar-refractivity contribution is 0.170. The van der Waals surface area contributed by atoms with Crippen molar-refractivity contribution in [3.63, 3.8) is 0 Å². The summed E-state index contributed by atoms with van der Waals surface area (Å²) >= 11 is 3.45. The Morgan fingerprint density at radius 3 is 2.64 bits per heavy atom. The molecule has 6 heteroatoms. The highest BCUT2D eigenvalue weighted by atomic mass is 79.9. The van der Waals surface area contributed by atoms with Crippen LogP contribution in [-0.4, -0.2) is 34.4 Å². The normalized spacial score (nSPS) is 19.1. The van der Waals surface area contributed by atoms with Gasteiger partial charge >= 0.3 is 0 Å². The zero-order valence-electron chi connectivity index (χ0n) is 15.6. The van der Waals surface area contributed by atoms with Crippen LogP contribution >= 0.6 is 15.9 Å². The van der Waals surface area contributed by atoms with E-state index in [1.807, 2.05) is 10.9 Å². The van der Waals surface area contributed by atoms with E-state index in [9.17, 15) is 0 Å². The summed E-state index contributed by atoms with van der Waals surface area (Å²) in [6, 6.07) is 15.5. The van der Waals surface area contributed by atoms with Gasteiger partial charge in [0, 0.05) is 18.8 Å². The van der Waals surface area contributed by atoms with E-state index in [-0.39, 0.29) is 0 Å². The van der Waals surface area contributed by atoms with E-state index < -0.39 is 0 Å². The number of halogens is 1. The molecule has 0 radical (unpaired) electrons. The Morgan fingerprint density at radius 2 is 1.86 bits per heavy atom. The minimum absolute atomic E-state index is 0.428. The van der Waals surface area contributed by atoms with E-state index in [0.717, 1.165) is 34.7 Å². The van der Waals surface area contributed by atoms with Crippen LogP contribution < -0.4 is 9.47 Å². The van der Waals surface area contributed by atoms with Gasteiger partial charge in [0.2, 0.25) is 0 Å². The van der Waals surface area contributed by atoms with Crippen molar-refractivity contribution in [2.75, 3.05) is 19.8 Å². The molecule has 5 nitrogen and oxygen atoms in total. The molecule has 0 bridgehead atoms. The van der Waals surface area contributed by atoms with Gasteiger partial charge in [-0.3, -0.25) is 4.90 Å². The van der Waals surface area contributed by atoms with Crippen LogP contribution in [0.1, 0.15) is 30.0 Å². The molecule has 1 saturated heterocycles. The fourth-order valence-electron chi connectivity index (χ4n) is 4.09.